The van der Waals surface area contributed by atoms with Crippen molar-refractivity contribution in [1.29, 1.82) is 0 Å². The molecule has 6 rings (SSSR count). The van der Waals surface area contributed by atoms with Crippen molar-refractivity contribution in [3.05, 3.63) is 107 Å². The van der Waals surface area contributed by atoms with Crippen molar-refractivity contribution in [2.75, 3.05) is 4.90 Å². The SMILES string of the molecule is CC1(C)c2ccccc2-c2c(N(c3cccc4c3-c3ccccc3C4(C)C)C(C)(C)C)cccc21. The summed E-state index contributed by atoms with van der Waals surface area (Å²) in [5.74, 6) is 0. The molecular weight excluding hydrogens is 422 g/mol. The van der Waals surface area contributed by atoms with Gasteiger partial charge in [-0.2, -0.15) is 0 Å². The van der Waals surface area contributed by atoms with Crippen LogP contribution in [0.4, 0.5) is 11.4 Å². The van der Waals surface area contributed by atoms with E-state index in [1.54, 1.807) is 0 Å². The van der Waals surface area contributed by atoms with Crippen LogP contribution in [0.2, 0.25) is 0 Å². The first-order valence-electron chi connectivity index (χ1n) is 12.8. The lowest BCUT2D eigenvalue weighted by Crippen LogP contribution is -2.38. The maximum atomic E-state index is 2.60. The molecule has 0 saturated carbocycles. The van der Waals surface area contributed by atoms with Crippen molar-refractivity contribution in [1.82, 2.24) is 0 Å². The molecule has 2 aliphatic carbocycles. The van der Waals surface area contributed by atoms with Gasteiger partial charge in [-0.25, -0.2) is 0 Å². The van der Waals surface area contributed by atoms with Crippen molar-refractivity contribution in [3.63, 3.8) is 0 Å². The van der Waals surface area contributed by atoms with Crippen LogP contribution < -0.4 is 4.90 Å². The molecule has 0 amide bonds. The Morgan fingerprint density at radius 3 is 1.26 bits per heavy atom. The fraction of sp³-hybridized carbons (Fsp3) is 0.294. The molecule has 1 nitrogen and oxygen atoms in total. The van der Waals surface area contributed by atoms with Crippen LogP contribution in [0.5, 0.6) is 0 Å². The second kappa shape index (κ2) is 7.10. The van der Waals surface area contributed by atoms with E-state index >= 15 is 0 Å². The predicted octanol–water partition coefficient (Wildman–Crippen LogP) is 9.24. The first-order valence-corrected chi connectivity index (χ1v) is 12.8. The largest absolute Gasteiger partial charge is 0.335 e. The molecule has 2 aliphatic rings. The predicted molar refractivity (Wildman–Crippen MR) is 150 cm³/mol. The van der Waals surface area contributed by atoms with Crippen molar-refractivity contribution >= 4 is 11.4 Å². The molecule has 1 heteroatoms. The highest BCUT2D eigenvalue weighted by atomic mass is 15.2. The average Bonchev–Trinajstić information content (AvgIpc) is 3.20. The Balaban J connectivity index is 1.68. The Morgan fingerprint density at radius 2 is 0.857 bits per heavy atom. The van der Waals surface area contributed by atoms with Crippen LogP contribution in [0.15, 0.2) is 84.9 Å². The zero-order valence-electron chi connectivity index (χ0n) is 22.0. The minimum absolute atomic E-state index is 0.0152. The standard InChI is InChI=1S/C34H35N/c1-32(2,3)35(28-20-12-18-26-30(28)22-14-8-10-16-24(22)33(26,4)5)29-21-13-19-27-31(29)23-15-9-11-17-25(23)34(27,6)7/h8-21H,1-7H3. The van der Waals surface area contributed by atoms with Crippen LogP contribution in [0.25, 0.3) is 22.3 Å². The van der Waals surface area contributed by atoms with Gasteiger partial charge in [0.05, 0.1) is 0 Å². The average molecular weight is 458 g/mol. The molecule has 35 heavy (non-hydrogen) atoms. The van der Waals surface area contributed by atoms with E-state index in [0.717, 1.165) is 0 Å². The van der Waals surface area contributed by atoms with E-state index in [4.69, 9.17) is 0 Å². The van der Waals surface area contributed by atoms with Crippen molar-refractivity contribution < 1.29 is 0 Å². The quantitative estimate of drug-likeness (QED) is 0.290. The van der Waals surface area contributed by atoms with E-state index < -0.39 is 0 Å². The Bertz CT molecular complexity index is 1370. The molecule has 0 aliphatic heterocycles. The molecule has 0 atom stereocenters. The number of nitrogens with zero attached hydrogens (tertiary/aromatic N) is 1. The monoisotopic (exact) mass is 457 g/mol. The third-order valence-corrected chi connectivity index (χ3v) is 8.32. The van der Waals surface area contributed by atoms with E-state index in [1.165, 1.54) is 55.9 Å². The van der Waals surface area contributed by atoms with Gasteiger partial charge in [-0.05, 0) is 66.3 Å². The topological polar surface area (TPSA) is 3.24 Å². The van der Waals surface area contributed by atoms with E-state index in [1.807, 2.05) is 0 Å². The summed E-state index contributed by atoms with van der Waals surface area (Å²) in [5.41, 5.74) is 13.6. The van der Waals surface area contributed by atoms with Gasteiger partial charge in [0.15, 0.2) is 0 Å². The summed E-state index contributed by atoms with van der Waals surface area (Å²) in [5, 5.41) is 0. The molecule has 0 spiro atoms. The van der Waals surface area contributed by atoms with Crippen LogP contribution in [-0.4, -0.2) is 5.54 Å². The van der Waals surface area contributed by atoms with Gasteiger partial charge in [0.25, 0.3) is 0 Å². The fourth-order valence-corrected chi connectivity index (χ4v) is 6.70. The summed E-state index contributed by atoms with van der Waals surface area (Å²) in [6.45, 7) is 16.5. The van der Waals surface area contributed by atoms with Crippen LogP contribution in [0, 0.1) is 0 Å². The Labute approximate surface area is 210 Å². The lowest BCUT2D eigenvalue weighted by Gasteiger charge is -2.40. The summed E-state index contributed by atoms with van der Waals surface area (Å²) in [6.07, 6.45) is 0. The zero-order valence-corrected chi connectivity index (χ0v) is 22.0. The van der Waals surface area contributed by atoms with Gasteiger partial charge in [0, 0.05) is 38.9 Å². The Morgan fingerprint density at radius 1 is 0.486 bits per heavy atom. The first-order chi connectivity index (χ1) is 16.5. The van der Waals surface area contributed by atoms with Gasteiger partial charge in [0.1, 0.15) is 0 Å². The van der Waals surface area contributed by atoms with Gasteiger partial charge >= 0.3 is 0 Å². The molecule has 0 fully saturated rings. The first kappa shape index (κ1) is 22.2. The highest BCUT2D eigenvalue weighted by Crippen LogP contribution is 2.57. The maximum Gasteiger partial charge on any atom is 0.0498 e. The molecule has 4 aromatic rings. The zero-order chi connectivity index (χ0) is 24.8. The minimum atomic E-state index is -0.117. The normalized spacial score (nSPS) is 16.3. The van der Waals surface area contributed by atoms with Crippen LogP contribution in [0.1, 0.15) is 70.7 Å². The van der Waals surface area contributed by atoms with Crippen molar-refractivity contribution in [3.8, 4) is 22.3 Å². The summed E-state index contributed by atoms with van der Waals surface area (Å²) < 4.78 is 0. The molecule has 176 valence electrons. The Hall–Kier alpha value is -3.32. The van der Waals surface area contributed by atoms with Gasteiger partial charge < -0.3 is 4.90 Å². The minimum Gasteiger partial charge on any atom is -0.335 e. The summed E-state index contributed by atoms with van der Waals surface area (Å²) in [7, 11) is 0. The van der Waals surface area contributed by atoms with E-state index in [-0.39, 0.29) is 16.4 Å². The maximum absolute atomic E-state index is 2.60. The molecule has 0 aromatic heterocycles. The second-order valence-corrected chi connectivity index (χ2v) is 12.2. The smallest absolute Gasteiger partial charge is 0.0498 e. The van der Waals surface area contributed by atoms with E-state index in [9.17, 15) is 0 Å². The second-order valence-electron chi connectivity index (χ2n) is 12.2. The highest BCUT2D eigenvalue weighted by molar-refractivity contribution is 5.97. The lowest BCUT2D eigenvalue weighted by atomic mass is 9.82. The van der Waals surface area contributed by atoms with Crippen molar-refractivity contribution in [2.45, 2.75) is 64.8 Å². The molecule has 4 aromatic carbocycles. The van der Waals surface area contributed by atoms with E-state index in [2.05, 4.69) is 138 Å². The van der Waals surface area contributed by atoms with Crippen LogP contribution in [0.3, 0.4) is 0 Å². The van der Waals surface area contributed by atoms with E-state index in [0.29, 0.717) is 0 Å². The summed E-state index contributed by atoms with van der Waals surface area (Å²) >= 11 is 0. The Kier molecular flexibility index (Phi) is 4.50. The molecule has 0 unspecified atom stereocenters. The highest BCUT2D eigenvalue weighted by Gasteiger charge is 2.41. The number of hydrogen-bond donors (Lipinski definition) is 0. The van der Waals surface area contributed by atoms with Crippen molar-refractivity contribution in [2.24, 2.45) is 0 Å². The number of hydrogen-bond acceptors (Lipinski definition) is 1. The van der Waals surface area contributed by atoms with Gasteiger partial charge in [0.2, 0.25) is 0 Å². The lowest BCUT2D eigenvalue weighted by molar-refractivity contribution is 0.560. The fourth-order valence-electron chi connectivity index (χ4n) is 6.70. The molecule has 0 radical (unpaired) electrons. The third kappa shape index (κ3) is 2.94. The summed E-state index contributed by atoms with van der Waals surface area (Å²) in [6, 6.07) is 31.8. The number of benzene rings is 4. The molecule has 0 bridgehead atoms. The van der Waals surface area contributed by atoms with Gasteiger partial charge in [-0.1, -0.05) is 100 Å². The molecule has 0 saturated heterocycles. The van der Waals surface area contributed by atoms with Gasteiger partial charge in [-0.15, -0.1) is 0 Å². The summed E-state index contributed by atoms with van der Waals surface area (Å²) in [4.78, 5) is 2.60. The van der Waals surface area contributed by atoms with Crippen LogP contribution >= 0.6 is 0 Å². The number of anilines is 2. The molecule has 0 heterocycles. The van der Waals surface area contributed by atoms with Crippen LogP contribution in [-0.2, 0) is 10.8 Å². The number of rotatable bonds is 2. The van der Waals surface area contributed by atoms with Gasteiger partial charge in [-0.3, -0.25) is 0 Å². The number of fused-ring (bicyclic) bond motifs is 6. The molecule has 0 N–H and O–H groups in total. The third-order valence-electron chi connectivity index (χ3n) is 8.32. The molecular formula is C34H35N.